The van der Waals surface area contributed by atoms with Crippen LogP contribution in [0.1, 0.15) is 12.0 Å². The standard InChI is InChI=1S/C7H3Br2F3/c8-3-1-4(9)6(7(11)12)5(10)2-3/h1-2,7H. The highest BCUT2D eigenvalue weighted by atomic mass is 79.9. The van der Waals surface area contributed by atoms with E-state index in [1.54, 1.807) is 0 Å². The van der Waals surface area contributed by atoms with Gasteiger partial charge >= 0.3 is 0 Å². The van der Waals surface area contributed by atoms with E-state index in [0.29, 0.717) is 4.47 Å². The van der Waals surface area contributed by atoms with Gasteiger partial charge in [-0.05, 0) is 12.1 Å². The van der Waals surface area contributed by atoms with Gasteiger partial charge < -0.3 is 0 Å². The van der Waals surface area contributed by atoms with Crippen molar-refractivity contribution >= 4 is 31.9 Å². The molecule has 0 N–H and O–H groups in total. The Hall–Kier alpha value is -0.0300. The fraction of sp³-hybridized carbons (Fsp3) is 0.143. The van der Waals surface area contributed by atoms with E-state index in [4.69, 9.17) is 0 Å². The molecular weight excluding hydrogens is 301 g/mol. The van der Waals surface area contributed by atoms with Crippen molar-refractivity contribution in [1.82, 2.24) is 0 Å². The molecule has 12 heavy (non-hydrogen) atoms. The van der Waals surface area contributed by atoms with Crippen LogP contribution in [0.5, 0.6) is 0 Å². The minimum absolute atomic E-state index is 0.0735. The molecule has 0 nitrogen and oxygen atoms in total. The lowest BCUT2D eigenvalue weighted by Gasteiger charge is -2.04. The number of halogens is 5. The summed E-state index contributed by atoms with van der Waals surface area (Å²) in [5.41, 5.74) is -0.599. The Morgan fingerprint density at radius 1 is 1.17 bits per heavy atom. The second-order valence-corrected chi connectivity index (χ2v) is 3.85. The molecule has 5 heteroatoms. The smallest absolute Gasteiger partial charge is 0.206 e. The van der Waals surface area contributed by atoms with Gasteiger partial charge in [-0.1, -0.05) is 31.9 Å². The first-order valence-corrected chi connectivity index (χ1v) is 4.53. The Morgan fingerprint density at radius 2 is 1.75 bits per heavy atom. The molecule has 0 bridgehead atoms. The van der Waals surface area contributed by atoms with Gasteiger partial charge in [0.25, 0.3) is 6.43 Å². The summed E-state index contributed by atoms with van der Waals surface area (Å²) in [6.07, 6.45) is -2.80. The number of benzene rings is 1. The fourth-order valence-electron chi connectivity index (χ4n) is 0.762. The van der Waals surface area contributed by atoms with Gasteiger partial charge in [-0.25, -0.2) is 13.2 Å². The van der Waals surface area contributed by atoms with E-state index in [9.17, 15) is 13.2 Å². The minimum Gasteiger partial charge on any atom is -0.206 e. The molecule has 0 radical (unpaired) electrons. The molecule has 1 aromatic carbocycles. The van der Waals surface area contributed by atoms with E-state index in [0.717, 1.165) is 6.07 Å². The van der Waals surface area contributed by atoms with Crippen molar-refractivity contribution < 1.29 is 13.2 Å². The highest BCUT2D eigenvalue weighted by molar-refractivity contribution is 9.11. The molecule has 1 aromatic rings. The Kier molecular flexibility index (Phi) is 3.17. The predicted octanol–water partition coefficient (Wildman–Crippen LogP) is 4.29. The highest BCUT2D eigenvalue weighted by Gasteiger charge is 2.17. The summed E-state index contributed by atoms with van der Waals surface area (Å²) in [4.78, 5) is 0. The third-order valence-corrected chi connectivity index (χ3v) is 2.38. The van der Waals surface area contributed by atoms with Gasteiger partial charge in [-0.15, -0.1) is 0 Å². The van der Waals surface area contributed by atoms with Crippen LogP contribution in [0, 0.1) is 5.82 Å². The van der Waals surface area contributed by atoms with Crippen LogP contribution in [-0.2, 0) is 0 Å². The average Bonchev–Trinajstić information content (AvgIpc) is 1.82. The van der Waals surface area contributed by atoms with Crippen LogP contribution < -0.4 is 0 Å². The van der Waals surface area contributed by atoms with Gasteiger partial charge in [0.1, 0.15) is 5.82 Å². The Bertz CT molecular complexity index is 276. The second-order valence-electron chi connectivity index (χ2n) is 2.08. The molecule has 66 valence electrons. The van der Waals surface area contributed by atoms with Gasteiger partial charge in [0.15, 0.2) is 0 Å². The third-order valence-electron chi connectivity index (χ3n) is 1.26. The van der Waals surface area contributed by atoms with Crippen LogP contribution in [0.25, 0.3) is 0 Å². The summed E-state index contributed by atoms with van der Waals surface area (Å²) in [6.45, 7) is 0. The van der Waals surface area contributed by atoms with Crippen molar-refractivity contribution in [2.24, 2.45) is 0 Å². The van der Waals surface area contributed by atoms with E-state index in [2.05, 4.69) is 31.9 Å². The van der Waals surface area contributed by atoms with Crippen LogP contribution in [0.15, 0.2) is 21.1 Å². The fourth-order valence-corrected chi connectivity index (χ4v) is 2.11. The van der Waals surface area contributed by atoms with Gasteiger partial charge in [-0.3, -0.25) is 0 Å². The van der Waals surface area contributed by atoms with Crippen molar-refractivity contribution in [2.75, 3.05) is 0 Å². The quantitative estimate of drug-likeness (QED) is 0.726. The molecule has 0 unspecified atom stereocenters. The summed E-state index contributed by atoms with van der Waals surface area (Å²) in [5.74, 6) is -0.911. The molecule has 0 spiro atoms. The summed E-state index contributed by atoms with van der Waals surface area (Å²) in [5, 5.41) is 0. The lowest BCUT2D eigenvalue weighted by Crippen LogP contribution is -1.92. The zero-order valence-corrected chi connectivity index (χ0v) is 8.79. The number of hydrogen-bond donors (Lipinski definition) is 0. The van der Waals surface area contributed by atoms with Crippen LogP contribution in [0.2, 0.25) is 0 Å². The average molecular weight is 304 g/mol. The molecule has 0 aliphatic heterocycles. The third kappa shape index (κ3) is 2.01. The monoisotopic (exact) mass is 302 g/mol. The predicted molar refractivity (Wildman–Crippen MR) is 46.8 cm³/mol. The number of hydrogen-bond acceptors (Lipinski definition) is 0. The zero-order valence-electron chi connectivity index (χ0n) is 5.62. The SMILES string of the molecule is Fc1cc(Br)cc(Br)c1C(F)F. The Labute approximate surface area is 84.0 Å². The van der Waals surface area contributed by atoms with Gasteiger partial charge in [0.05, 0.1) is 5.56 Å². The molecule has 0 aliphatic carbocycles. The largest absolute Gasteiger partial charge is 0.267 e. The normalized spacial score (nSPS) is 10.8. The maximum absolute atomic E-state index is 12.8. The highest BCUT2D eigenvalue weighted by Crippen LogP contribution is 2.32. The van der Waals surface area contributed by atoms with Crippen LogP contribution in [0.4, 0.5) is 13.2 Å². The lowest BCUT2D eigenvalue weighted by molar-refractivity contribution is 0.145. The van der Waals surface area contributed by atoms with Crippen molar-refractivity contribution in [3.05, 3.63) is 32.5 Å². The molecular formula is C7H3Br2F3. The Balaban J connectivity index is 3.28. The Morgan fingerprint density at radius 3 is 2.17 bits per heavy atom. The topological polar surface area (TPSA) is 0 Å². The van der Waals surface area contributed by atoms with E-state index in [-0.39, 0.29) is 4.47 Å². The first kappa shape index (κ1) is 10.1. The van der Waals surface area contributed by atoms with Crippen LogP contribution in [0.3, 0.4) is 0 Å². The molecule has 0 aromatic heterocycles. The maximum Gasteiger partial charge on any atom is 0.267 e. The molecule has 0 atom stereocenters. The second kappa shape index (κ2) is 3.79. The first-order valence-electron chi connectivity index (χ1n) is 2.95. The summed E-state index contributed by atoms with van der Waals surface area (Å²) < 4.78 is 37.6. The van der Waals surface area contributed by atoms with E-state index in [1.165, 1.54) is 6.07 Å². The minimum atomic E-state index is -2.80. The molecule has 0 saturated heterocycles. The van der Waals surface area contributed by atoms with Crippen LogP contribution in [-0.4, -0.2) is 0 Å². The molecule has 0 heterocycles. The van der Waals surface area contributed by atoms with Crippen molar-refractivity contribution in [3.8, 4) is 0 Å². The van der Waals surface area contributed by atoms with E-state index >= 15 is 0 Å². The summed E-state index contributed by atoms with van der Waals surface area (Å²) >= 11 is 5.83. The van der Waals surface area contributed by atoms with Crippen molar-refractivity contribution in [1.29, 1.82) is 0 Å². The number of alkyl halides is 2. The van der Waals surface area contributed by atoms with E-state index in [1.807, 2.05) is 0 Å². The van der Waals surface area contributed by atoms with E-state index < -0.39 is 17.8 Å². The zero-order chi connectivity index (χ0) is 9.30. The number of rotatable bonds is 1. The van der Waals surface area contributed by atoms with Crippen LogP contribution >= 0.6 is 31.9 Å². The lowest BCUT2D eigenvalue weighted by atomic mass is 10.2. The van der Waals surface area contributed by atoms with Gasteiger partial charge in [0.2, 0.25) is 0 Å². The first-order chi connectivity index (χ1) is 5.52. The van der Waals surface area contributed by atoms with Crippen molar-refractivity contribution in [2.45, 2.75) is 6.43 Å². The molecule has 0 aliphatic rings. The maximum atomic E-state index is 12.8. The summed E-state index contributed by atoms with van der Waals surface area (Å²) in [6, 6.07) is 2.39. The molecule has 0 amide bonds. The molecule has 0 saturated carbocycles. The molecule has 1 rings (SSSR count). The van der Waals surface area contributed by atoms with Gasteiger partial charge in [-0.2, -0.15) is 0 Å². The summed E-state index contributed by atoms with van der Waals surface area (Å²) in [7, 11) is 0. The van der Waals surface area contributed by atoms with Gasteiger partial charge in [0, 0.05) is 8.95 Å². The van der Waals surface area contributed by atoms with Crippen molar-refractivity contribution in [3.63, 3.8) is 0 Å². The molecule has 0 fully saturated rings.